The molecule has 6 heteroatoms. The molecule has 0 bridgehead atoms. The van der Waals surface area contributed by atoms with E-state index in [-0.39, 0.29) is 30.9 Å². The Morgan fingerprint density at radius 1 is 1.21 bits per heavy atom. The van der Waals surface area contributed by atoms with Gasteiger partial charge in [0.2, 0.25) is 11.8 Å². The van der Waals surface area contributed by atoms with Crippen LogP contribution >= 0.6 is 11.3 Å². The quantitative estimate of drug-likeness (QED) is 0.806. The fourth-order valence-corrected chi connectivity index (χ4v) is 3.13. The summed E-state index contributed by atoms with van der Waals surface area (Å²) in [6.45, 7) is 2.28. The monoisotopic (exact) mass is 345 g/mol. The highest BCUT2D eigenvalue weighted by Gasteiger charge is 2.18. The Labute approximate surface area is 146 Å². The smallest absolute Gasteiger partial charge is 0.239 e. The number of benzene rings is 1. The number of likely N-dealkylation sites (N-methyl/N-ethyl adjacent to an activating group) is 2. The molecule has 1 atom stereocenters. The van der Waals surface area contributed by atoms with Crippen molar-refractivity contribution in [1.82, 2.24) is 15.5 Å². The summed E-state index contributed by atoms with van der Waals surface area (Å²) in [6.07, 6.45) is 0. The van der Waals surface area contributed by atoms with Crippen LogP contribution in [-0.4, -0.2) is 43.9 Å². The van der Waals surface area contributed by atoms with Gasteiger partial charge < -0.3 is 10.2 Å². The molecule has 0 unspecified atom stereocenters. The molecule has 128 valence electrons. The van der Waals surface area contributed by atoms with Crippen LogP contribution in [0.3, 0.4) is 0 Å². The number of nitrogens with one attached hydrogen (secondary N) is 2. The SMILES string of the molecule is CNC(=O)CN(C)C(=O)CN[C@@H](c1ccc(C)cc1)c1cccs1. The number of carbonyl (C=O) groups is 2. The minimum Gasteiger partial charge on any atom is -0.358 e. The number of carbonyl (C=O) groups excluding carboxylic acids is 2. The lowest BCUT2D eigenvalue weighted by Crippen LogP contribution is -2.42. The normalized spacial score (nSPS) is 11.8. The molecule has 0 radical (unpaired) electrons. The van der Waals surface area contributed by atoms with E-state index in [9.17, 15) is 9.59 Å². The van der Waals surface area contributed by atoms with Crippen molar-refractivity contribution in [1.29, 1.82) is 0 Å². The minimum atomic E-state index is -0.181. The third-order valence-corrected chi connectivity index (χ3v) is 4.72. The number of thiophene rings is 1. The van der Waals surface area contributed by atoms with Crippen molar-refractivity contribution in [3.8, 4) is 0 Å². The van der Waals surface area contributed by atoms with Crippen molar-refractivity contribution in [2.24, 2.45) is 0 Å². The maximum atomic E-state index is 12.2. The predicted molar refractivity (Wildman–Crippen MR) is 97.0 cm³/mol. The molecule has 0 aliphatic carbocycles. The first kappa shape index (κ1) is 18.2. The van der Waals surface area contributed by atoms with E-state index < -0.39 is 0 Å². The second kappa shape index (κ2) is 8.61. The molecule has 2 N–H and O–H groups in total. The fraction of sp³-hybridized carbons (Fsp3) is 0.333. The third-order valence-electron chi connectivity index (χ3n) is 3.78. The number of rotatable bonds is 7. The van der Waals surface area contributed by atoms with E-state index in [1.54, 1.807) is 25.4 Å². The first-order valence-corrected chi connectivity index (χ1v) is 8.67. The molecule has 0 aliphatic rings. The maximum absolute atomic E-state index is 12.2. The predicted octanol–water partition coefficient (Wildman–Crippen LogP) is 1.94. The van der Waals surface area contributed by atoms with Gasteiger partial charge in [-0.05, 0) is 23.9 Å². The van der Waals surface area contributed by atoms with Crippen molar-refractivity contribution in [2.75, 3.05) is 27.2 Å². The lowest BCUT2D eigenvalue weighted by molar-refractivity contribution is -0.133. The first-order valence-electron chi connectivity index (χ1n) is 7.79. The van der Waals surface area contributed by atoms with E-state index in [4.69, 9.17) is 0 Å². The zero-order chi connectivity index (χ0) is 17.5. The van der Waals surface area contributed by atoms with Crippen LogP contribution in [0.15, 0.2) is 41.8 Å². The molecule has 0 saturated carbocycles. The van der Waals surface area contributed by atoms with Gasteiger partial charge in [-0.2, -0.15) is 0 Å². The summed E-state index contributed by atoms with van der Waals surface area (Å²) in [4.78, 5) is 26.2. The van der Waals surface area contributed by atoms with Gasteiger partial charge in [-0.25, -0.2) is 0 Å². The Balaban J connectivity index is 2.05. The highest BCUT2D eigenvalue weighted by Crippen LogP contribution is 2.26. The molecule has 0 fully saturated rings. The Morgan fingerprint density at radius 2 is 1.92 bits per heavy atom. The summed E-state index contributed by atoms with van der Waals surface area (Å²) in [5.41, 5.74) is 2.31. The Kier molecular flexibility index (Phi) is 6.52. The lowest BCUT2D eigenvalue weighted by Gasteiger charge is -2.21. The molecule has 0 aliphatic heterocycles. The molecular formula is C18H23N3O2S. The van der Waals surface area contributed by atoms with E-state index in [2.05, 4.69) is 47.9 Å². The van der Waals surface area contributed by atoms with Crippen LogP contribution < -0.4 is 10.6 Å². The summed E-state index contributed by atoms with van der Waals surface area (Å²) < 4.78 is 0. The summed E-state index contributed by atoms with van der Waals surface area (Å²) in [5, 5.41) is 7.86. The van der Waals surface area contributed by atoms with Gasteiger partial charge in [0.1, 0.15) is 0 Å². The second-order valence-electron chi connectivity index (χ2n) is 5.66. The molecule has 1 aromatic heterocycles. The standard InChI is InChI=1S/C18H23N3O2S/c1-13-6-8-14(9-7-13)18(15-5-4-10-24-15)20-11-17(23)21(3)12-16(22)19-2/h4-10,18,20H,11-12H2,1-3H3,(H,19,22)/t18-/m0/s1. The van der Waals surface area contributed by atoms with E-state index in [0.717, 1.165) is 10.4 Å². The van der Waals surface area contributed by atoms with Gasteiger partial charge in [-0.1, -0.05) is 35.9 Å². The van der Waals surface area contributed by atoms with E-state index in [0.29, 0.717) is 0 Å². The zero-order valence-electron chi connectivity index (χ0n) is 14.2. The molecule has 1 heterocycles. The Hall–Kier alpha value is -2.18. The van der Waals surface area contributed by atoms with Crippen molar-refractivity contribution < 1.29 is 9.59 Å². The van der Waals surface area contributed by atoms with Gasteiger partial charge >= 0.3 is 0 Å². The maximum Gasteiger partial charge on any atom is 0.239 e. The summed E-state index contributed by atoms with van der Waals surface area (Å²) in [7, 11) is 3.19. The molecule has 0 saturated heterocycles. The molecule has 2 aromatic rings. The van der Waals surface area contributed by atoms with Gasteiger partial charge in [0.15, 0.2) is 0 Å². The number of nitrogens with zero attached hydrogens (tertiary/aromatic N) is 1. The average Bonchev–Trinajstić information content (AvgIpc) is 3.10. The second-order valence-corrected chi connectivity index (χ2v) is 6.64. The third kappa shape index (κ3) is 4.91. The van der Waals surface area contributed by atoms with Crippen LogP contribution in [0.1, 0.15) is 22.0 Å². The molecule has 1 aromatic carbocycles. The molecule has 0 spiro atoms. The van der Waals surface area contributed by atoms with Crippen LogP contribution in [0.25, 0.3) is 0 Å². The topological polar surface area (TPSA) is 61.4 Å². The van der Waals surface area contributed by atoms with Crippen molar-refractivity contribution in [2.45, 2.75) is 13.0 Å². The molecule has 5 nitrogen and oxygen atoms in total. The van der Waals surface area contributed by atoms with E-state index >= 15 is 0 Å². The highest BCUT2D eigenvalue weighted by molar-refractivity contribution is 7.10. The molecule has 2 amide bonds. The van der Waals surface area contributed by atoms with Crippen LogP contribution in [-0.2, 0) is 9.59 Å². The summed E-state index contributed by atoms with van der Waals surface area (Å²) in [5.74, 6) is -0.300. The zero-order valence-corrected chi connectivity index (χ0v) is 15.0. The number of amides is 2. The first-order chi connectivity index (χ1) is 11.5. The summed E-state index contributed by atoms with van der Waals surface area (Å²) >= 11 is 1.65. The van der Waals surface area contributed by atoms with Gasteiger partial charge in [-0.15, -0.1) is 11.3 Å². The van der Waals surface area contributed by atoms with Crippen LogP contribution in [0, 0.1) is 6.92 Å². The number of aryl methyl sites for hydroxylation is 1. The van der Waals surface area contributed by atoms with E-state index in [1.165, 1.54) is 10.5 Å². The molecule has 24 heavy (non-hydrogen) atoms. The Morgan fingerprint density at radius 3 is 2.50 bits per heavy atom. The van der Waals surface area contributed by atoms with Gasteiger partial charge in [0.05, 0.1) is 19.1 Å². The largest absolute Gasteiger partial charge is 0.358 e. The summed E-state index contributed by atoms with van der Waals surface area (Å²) in [6, 6.07) is 12.3. The van der Waals surface area contributed by atoms with Crippen molar-refractivity contribution >= 4 is 23.2 Å². The van der Waals surface area contributed by atoms with Crippen LogP contribution in [0.5, 0.6) is 0 Å². The number of hydrogen-bond acceptors (Lipinski definition) is 4. The Bertz CT molecular complexity index is 668. The van der Waals surface area contributed by atoms with Crippen molar-refractivity contribution in [3.63, 3.8) is 0 Å². The fourth-order valence-electron chi connectivity index (χ4n) is 2.30. The average molecular weight is 345 g/mol. The van der Waals surface area contributed by atoms with Gasteiger partial charge in [0.25, 0.3) is 0 Å². The number of hydrogen-bond donors (Lipinski definition) is 2. The van der Waals surface area contributed by atoms with Gasteiger partial charge in [-0.3, -0.25) is 14.9 Å². The van der Waals surface area contributed by atoms with Crippen LogP contribution in [0.2, 0.25) is 0 Å². The van der Waals surface area contributed by atoms with Gasteiger partial charge in [0, 0.05) is 19.0 Å². The minimum absolute atomic E-state index is 0.0389. The van der Waals surface area contributed by atoms with Crippen LogP contribution in [0.4, 0.5) is 0 Å². The van der Waals surface area contributed by atoms with E-state index in [1.807, 2.05) is 11.4 Å². The van der Waals surface area contributed by atoms with Crippen molar-refractivity contribution in [3.05, 3.63) is 57.8 Å². The molecule has 2 rings (SSSR count). The highest BCUT2D eigenvalue weighted by atomic mass is 32.1. The lowest BCUT2D eigenvalue weighted by atomic mass is 10.0. The molecular weight excluding hydrogens is 322 g/mol.